The van der Waals surface area contributed by atoms with E-state index < -0.39 is 36.7 Å². The summed E-state index contributed by atoms with van der Waals surface area (Å²) < 4.78 is 91.6. The van der Waals surface area contributed by atoms with Gasteiger partial charge in [-0.05, 0) is 0 Å². The zero-order valence-electron chi connectivity index (χ0n) is 7.47. The van der Waals surface area contributed by atoms with Gasteiger partial charge in [0, 0.05) is 19.8 Å². The minimum atomic E-state index is -4.97. The number of hydrogen-bond acceptors (Lipinski definition) is 1. The van der Waals surface area contributed by atoms with Crippen LogP contribution in [0.2, 0.25) is 0 Å². The van der Waals surface area contributed by atoms with E-state index in [1.54, 1.807) is 0 Å². The molecule has 0 aromatic rings. The maximum atomic E-state index is 13.2. The lowest BCUT2D eigenvalue weighted by molar-refractivity contribution is -0.457. The second-order valence-electron chi connectivity index (χ2n) is 3.43. The Morgan fingerprint density at radius 3 is 1.80 bits per heavy atom. The third-order valence-corrected chi connectivity index (χ3v) is 2.06. The summed E-state index contributed by atoms with van der Waals surface area (Å²) in [4.78, 5) is 0. The molecule has 1 aliphatic rings. The van der Waals surface area contributed by atoms with Crippen molar-refractivity contribution in [2.24, 2.45) is 0 Å². The molecule has 90 valence electrons. The number of halogens is 7. The van der Waals surface area contributed by atoms with Crippen LogP contribution in [0.15, 0.2) is 0 Å². The summed E-state index contributed by atoms with van der Waals surface area (Å²) in [7, 11) is 0. The Labute approximate surface area is 80.2 Å². The number of alkyl halides is 7. The standard InChI is InChI=1S/C7H7F7O/c1-4(8,9)7(14)5(10,11)2-3-6(12,13)15-7/h2-3H2,1H3. The molecule has 0 amide bonds. The van der Waals surface area contributed by atoms with Crippen LogP contribution in [0.25, 0.3) is 0 Å². The first-order valence-electron chi connectivity index (χ1n) is 3.94. The van der Waals surface area contributed by atoms with Crippen molar-refractivity contribution in [2.45, 2.75) is 43.6 Å². The lowest BCUT2D eigenvalue weighted by Crippen LogP contribution is -2.63. The molecule has 1 heterocycles. The molecule has 0 aliphatic carbocycles. The summed E-state index contributed by atoms with van der Waals surface area (Å²) >= 11 is 0. The van der Waals surface area contributed by atoms with Crippen LogP contribution >= 0.6 is 0 Å². The Hall–Kier alpha value is -0.530. The first-order valence-corrected chi connectivity index (χ1v) is 3.94. The smallest absolute Gasteiger partial charge is 0.272 e. The predicted octanol–water partition coefficient (Wildman–Crippen LogP) is 3.35. The summed E-state index contributed by atoms with van der Waals surface area (Å²) in [6.07, 6.45) is -7.50. The Morgan fingerprint density at radius 2 is 1.47 bits per heavy atom. The molecule has 1 aliphatic heterocycles. The molecular weight excluding hydrogens is 233 g/mol. The van der Waals surface area contributed by atoms with Gasteiger partial charge in [0.25, 0.3) is 0 Å². The molecule has 0 radical (unpaired) electrons. The van der Waals surface area contributed by atoms with Gasteiger partial charge in [0.15, 0.2) is 0 Å². The summed E-state index contributed by atoms with van der Waals surface area (Å²) in [6, 6.07) is 0. The largest absolute Gasteiger partial charge is 0.358 e. The second-order valence-corrected chi connectivity index (χ2v) is 3.43. The first kappa shape index (κ1) is 12.5. The van der Waals surface area contributed by atoms with E-state index in [9.17, 15) is 30.7 Å². The topological polar surface area (TPSA) is 9.23 Å². The molecule has 0 aromatic heterocycles. The molecule has 1 nitrogen and oxygen atoms in total. The molecular formula is C7H7F7O. The Bertz CT molecular complexity index is 259. The molecule has 15 heavy (non-hydrogen) atoms. The Morgan fingerprint density at radius 1 is 1.00 bits per heavy atom. The van der Waals surface area contributed by atoms with E-state index in [1.807, 2.05) is 0 Å². The zero-order chi connectivity index (χ0) is 12.1. The van der Waals surface area contributed by atoms with Crippen LogP contribution in [0.3, 0.4) is 0 Å². The second kappa shape index (κ2) is 2.99. The van der Waals surface area contributed by atoms with Crippen LogP contribution in [0.1, 0.15) is 19.8 Å². The van der Waals surface area contributed by atoms with Crippen LogP contribution in [0.4, 0.5) is 30.7 Å². The molecule has 0 N–H and O–H groups in total. The molecule has 0 spiro atoms. The van der Waals surface area contributed by atoms with Crippen LogP contribution in [0.5, 0.6) is 0 Å². The van der Waals surface area contributed by atoms with Crippen LogP contribution < -0.4 is 0 Å². The minimum absolute atomic E-state index is 0.234. The number of hydrogen-bond donors (Lipinski definition) is 0. The quantitative estimate of drug-likeness (QED) is 0.638. The van der Waals surface area contributed by atoms with Gasteiger partial charge >= 0.3 is 23.8 Å². The highest BCUT2D eigenvalue weighted by Crippen LogP contribution is 2.54. The highest BCUT2D eigenvalue weighted by Gasteiger charge is 2.74. The Balaban J connectivity index is 3.11. The van der Waals surface area contributed by atoms with Gasteiger partial charge < -0.3 is 0 Å². The first-order chi connectivity index (χ1) is 6.41. The molecule has 8 heteroatoms. The van der Waals surface area contributed by atoms with E-state index >= 15 is 0 Å². The van der Waals surface area contributed by atoms with Crippen LogP contribution in [-0.2, 0) is 4.74 Å². The molecule has 0 bridgehead atoms. The van der Waals surface area contributed by atoms with E-state index in [4.69, 9.17) is 0 Å². The molecule has 1 saturated heterocycles. The van der Waals surface area contributed by atoms with Gasteiger partial charge in [-0.1, -0.05) is 0 Å². The third kappa shape index (κ3) is 1.91. The maximum Gasteiger partial charge on any atom is 0.358 e. The highest BCUT2D eigenvalue weighted by atomic mass is 19.3. The van der Waals surface area contributed by atoms with Gasteiger partial charge in [0.2, 0.25) is 0 Å². The van der Waals surface area contributed by atoms with E-state index in [0.29, 0.717) is 0 Å². The van der Waals surface area contributed by atoms with Crippen molar-refractivity contribution in [1.29, 1.82) is 0 Å². The van der Waals surface area contributed by atoms with Crippen molar-refractivity contribution < 1.29 is 35.5 Å². The normalized spacial score (nSPS) is 35.2. The zero-order valence-corrected chi connectivity index (χ0v) is 7.47. The molecule has 1 unspecified atom stereocenters. The van der Waals surface area contributed by atoms with Crippen molar-refractivity contribution in [3.8, 4) is 0 Å². The van der Waals surface area contributed by atoms with Crippen LogP contribution in [-0.4, -0.2) is 23.8 Å². The highest BCUT2D eigenvalue weighted by molar-refractivity contribution is 4.99. The van der Waals surface area contributed by atoms with E-state index in [2.05, 4.69) is 4.74 Å². The molecule has 0 aromatic carbocycles. The average molecular weight is 240 g/mol. The lowest BCUT2D eigenvalue weighted by atomic mass is 9.96. The van der Waals surface area contributed by atoms with Gasteiger partial charge in [-0.2, -0.15) is 22.0 Å². The summed E-state index contributed by atoms with van der Waals surface area (Å²) in [6.45, 7) is -0.234. The van der Waals surface area contributed by atoms with Crippen molar-refractivity contribution in [1.82, 2.24) is 0 Å². The van der Waals surface area contributed by atoms with Crippen molar-refractivity contribution in [2.75, 3.05) is 0 Å². The van der Waals surface area contributed by atoms with Gasteiger partial charge in [0.1, 0.15) is 0 Å². The van der Waals surface area contributed by atoms with Crippen molar-refractivity contribution in [3.63, 3.8) is 0 Å². The summed E-state index contributed by atoms with van der Waals surface area (Å²) in [5.41, 5.74) is 0. The van der Waals surface area contributed by atoms with Gasteiger partial charge in [0.05, 0.1) is 0 Å². The number of rotatable bonds is 1. The molecule has 0 saturated carbocycles. The monoisotopic (exact) mass is 240 g/mol. The van der Waals surface area contributed by atoms with Gasteiger partial charge in [-0.25, -0.2) is 8.78 Å². The van der Waals surface area contributed by atoms with Crippen molar-refractivity contribution >= 4 is 0 Å². The van der Waals surface area contributed by atoms with Gasteiger partial charge in [-0.3, -0.25) is 4.74 Å². The molecule has 1 fully saturated rings. The average Bonchev–Trinajstić information content (AvgIpc) is 1.96. The third-order valence-electron chi connectivity index (χ3n) is 2.06. The Kier molecular flexibility index (Phi) is 2.50. The van der Waals surface area contributed by atoms with E-state index in [0.717, 1.165) is 0 Å². The van der Waals surface area contributed by atoms with E-state index in [1.165, 1.54) is 0 Å². The SMILES string of the molecule is CC(F)(F)C1(F)OC(F)(F)CCC1(F)F. The van der Waals surface area contributed by atoms with Crippen LogP contribution in [0, 0.1) is 0 Å². The summed E-state index contributed by atoms with van der Waals surface area (Å²) in [5, 5.41) is 0. The maximum absolute atomic E-state index is 13.2. The van der Waals surface area contributed by atoms with Crippen molar-refractivity contribution in [3.05, 3.63) is 0 Å². The molecule has 1 rings (SSSR count). The predicted molar refractivity (Wildman–Crippen MR) is 34.7 cm³/mol. The minimum Gasteiger partial charge on any atom is -0.272 e. The fraction of sp³-hybridized carbons (Fsp3) is 1.00. The summed E-state index contributed by atoms with van der Waals surface area (Å²) in [5.74, 6) is -14.3. The van der Waals surface area contributed by atoms with Gasteiger partial charge in [-0.15, -0.1) is 0 Å². The lowest BCUT2D eigenvalue weighted by Gasteiger charge is -2.42. The molecule has 1 atom stereocenters. The number of ether oxygens (including phenoxy) is 1. The fourth-order valence-electron chi connectivity index (χ4n) is 1.21. The fourth-order valence-corrected chi connectivity index (χ4v) is 1.21. The van der Waals surface area contributed by atoms with E-state index in [-0.39, 0.29) is 6.92 Å².